The van der Waals surface area contributed by atoms with Crippen LogP contribution in [-0.4, -0.2) is 22.7 Å². The number of hydrogen-bond acceptors (Lipinski definition) is 4. The molecule has 144 valence electrons. The highest BCUT2D eigenvalue weighted by atomic mass is 127. The first-order chi connectivity index (χ1) is 12.8. The Morgan fingerprint density at radius 3 is 2.63 bits per heavy atom. The molecule has 1 saturated carbocycles. The summed E-state index contributed by atoms with van der Waals surface area (Å²) in [6, 6.07) is 2.90. The monoisotopic (exact) mass is 504 g/mol. The number of carbonyl (C=O) groups is 2. The number of benzene rings is 1. The molecular weight excluding hydrogens is 486 g/mol. The summed E-state index contributed by atoms with van der Waals surface area (Å²) < 4.78 is 19.1. The summed E-state index contributed by atoms with van der Waals surface area (Å²) in [5.74, 6) is -1.65. The molecule has 0 spiro atoms. The molecule has 1 fully saturated rings. The maximum Gasteiger partial charge on any atom is 0.309 e. The van der Waals surface area contributed by atoms with Gasteiger partial charge in [-0.3, -0.25) is 15.0 Å². The van der Waals surface area contributed by atoms with Crippen LogP contribution >= 0.6 is 34.2 Å². The summed E-state index contributed by atoms with van der Waals surface area (Å²) in [5.41, 5.74) is 2.07. The topological polar surface area (TPSA) is 79.2 Å². The molecule has 0 aromatic heterocycles. The summed E-state index contributed by atoms with van der Waals surface area (Å²) in [7, 11) is 1.33. The molecule has 27 heavy (non-hydrogen) atoms. The average molecular weight is 505 g/mol. The third-order valence-electron chi connectivity index (χ3n) is 4.99. The zero-order valence-corrected chi connectivity index (χ0v) is 17.6. The van der Waals surface area contributed by atoms with Crippen LogP contribution < -0.4 is 5.32 Å². The molecule has 0 saturated heterocycles. The lowest BCUT2D eigenvalue weighted by atomic mass is 9.87. The summed E-state index contributed by atoms with van der Waals surface area (Å²) in [6.45, 7) is 0. The molecule has 0 aliphatic heterocycles. The first-order valence-corrected chi connectivity index (χ1v) is 10.1. The van der Waals surface area contributed by atoms with Crippen molar-refractivity contribution in [1.82, 2.24) is 5.32 Å². The fraction of sp³-hybridized carbons (Fsp3) is 0.421. The molecular formula is C19H19ClFIN2O3. The fourth-order valence-electron chi connectivity index (χ4n) is 3.41. The number of hydrogen-bond donors (Lipinski definition) is 2. The minimum Gasteiger partial charge on any atom is -0.469 e. The number of rotatable bonds is 5. The minimum absolute atomic E-state index is 0.145. The predicted molar refractivity (Wildman–Crippen MR) is 109 cm³/mol. The first kappa shape index (κ1) is 20.3. The van der Waals surface area contributed by atoms with Crippen molar-refractivity contribution in [3.05, 3.63) is 45.4 Å². The van der Waals surface area contributed by atoms with E-state index >= 15 is 0 Å². The lowest BCUT2D eigenvalue weighted by molar-refractivity contribution is -0.145. The van der Waals surface area contributed by atoms with Crippen LogP contribution in [0.5, 0.6) is 0 Å². The van der Waals surface area contributed by atoms with Crippen LogP contribution in [0.4, 0.5) is 4.39 Å². The zero-order valence-electron chi connectivity index (χ0n) is 14.7. The molecule has 0 radical (unpaired) electrons. The van der Waals surface area contributed by atoms with Gasteiger partial charge in [0.1, 0.15) is 5.82 Å². The smallest absolute Gasteiger partial charge is 0.309 e. The largest absolute Gasteiger partial charge is 0.469 e. The van der Waals surface area contributed by atoms with Crippen LogP contribution in [0, 0.1) is 17.1 Å². The normalized spacial score (nSPS) is 19.6. The molecule has 1 amide bonds. The standard InChI is InChI=1S/C19H19ClFIN2O3/c1-27-19(26)10-4-5-12(17(22)23)14(8-10)24-18(25)15-11(9-2-3-9)6-7-13(21)16(15)20/h6-7,9-10,23H,2-5,8H2,1H3,(H,24,25)/t10-/m0/s1. The van der Waals surface area contributed by atoms with Crippen LogP contribution in [0.3, 0.4) is 0 Å². The van der Waals surface area contributed by atoms with Crippen molar-refractivity contribution < 1.29 is 18.7 Å². The van der Waals surface area contributed by atoms with Crippen molar-refractivity contribution in [2.24, 2.45) is 5.92 Å². The molecule has 0 unspecified atom stereocenters. The Morgan fingerprint density at radius 2 is 2.04 bits per heavy atom. The van der Waals surface area contributed by atoms with E-state index < -0.39 is 11.7 Å². The van der Waals surface area contributed by atoms with Gasteiger partial charge >= 0.3 is 5.97 Å². The number of methoxy groups -OCH3 is 1. The number of esters is 1. The molecule has 2 N–H and O–H groups in total. The van der Waals surface area contributed by atoms with Crippen LogP contribution in [0.25, 0.3) is 0 Å². The van der Waals surface area contributed by atoms with Gasteiger partial charge in [-0.25, -0.2) is 4.39 Å². The summed E-state index contributed by atoms with van der Waals surface area (Å²) in [4.78, 5) is 24.9. The van der Waals surface area contributed by atoms with Gasteiger partial charge in [0.25, 0.3) is 5.91 Å². The molecule has 1 aromatic rings. The van der Waals surface area contributed by atoms with Crippen LogP contribution in [0.1, 0.15) is 53.9 Å². The van der Waals surface area contributed by atoms with E-state index in [-0.39, 0.29) is 34.8 Å². The molecule has 2 aliphatic carbocycles. The van der Waals surface area contributed by atoms with Gasteiger partial charge in [-0.1, -0.05) is 17.7 Å². The van der Waals surface area contributed by atoms with Gasteiger partial charge in [0.15, 0.2) is 0 Å². The van der Waals surface area contributed by atoms with Gasteiger partial charge in [0.2, 0.25) is 0 Å². The number of ether oxygens (including phenoxy) is 1. The molecule has 2 aliphatic rings. The number of amides is 1. The maximum atomic E-state index is 14.0. The Morgan fingerprint density at radius 1 is 1.33 bits per heavy atom. The van der Waals surface area contributed by atoms with Crippen molar-refractivity contribution in [2.75, 3.05) is 7.11 Å². The van der Waals surface area contributed by atoms with Crippen molar-refractivity contribution in [2.45, 2.75) is 38.0 Å². The second-order valence-electron chi connectivity index (χ2n) is 6.79. The van der Waals surface area contributed by atoms with E-state index in [1.54, 1.807) is 6.07 Å². The van der Waals surface area contributed by atoms with Gasteiger partial charge in [-0.2, -0.15) is 0 Å². The molecule has 5 nitrogen and oxygen atoms in total. The van der Waals surface area contributed by atoms with E-state index in [1.807, 2.05) is 22.6 Å². The lowest BCUT2D eigenvalue weighted by Crippen LogP contribution is -2.32. The molecule has 3 rings (SSSR count). The van der Waals surface area contributed by atoms with Gasteiger partial charge < -0.3 is 10.1 Å². The SMILES string of the molecule is COC(=O)[C@H]1CCC(C(=N)I)=C(NC(=O)c2c(C3CC3)ccc(F)c2Cl)C1. The number of allylic oxidation sites excluding steroid dienone is 2. The van der Waals surface area contributed by atoms with Crippen molar-refractivity contribution >= 4 is 49.8 Å². The van der Waals surface area contributed by atoms with Gasteiger partial charge in [0.05, 0.1) is 27.3 Å². The lowest BCUT2D eigenvalue weighted by Gasteiger charge is -2.26. The van der Waals surface area contributed by atoms with E-state index in [0.717, 1.165) is 18.4 Å². The Balaban J connectivity index is 1.93. The maximum absolute atomic E-state index is 14.0. The fourth-order valence-corrected chi connectivity index (χ4v) is 4.26. The van der Waals surface area contributed by atoms with E-state index in [1.165, 1.54) is 13.2 Å². The Hall–Kier alpha value is -1.48. The highest BCUT2D eigenvalue weighted by molar-refractivity contribution is 14.1. The third kappa shape index (κ3) is 4.34. The predicted octanol–water partition coefficient (Wildman–Crippen LogP) is 4.73. The Labute approximate surface area is 175 Å². The zero-order chi connectivity index (χ0) is 19.7. The molecule has 1 aromatic carbocycles. The molecule has 0 heterocycles. The van der Waals surface area contributed by atoms with Crippen LogP contribution in [0.2, 0.25) is 5.02 Å². The second kappa shape index (κ2) is 8.26. The summed E-state index contributed by atoms with van der Waals surface area (Å²) in [6.07, 6.45) is 3.20. The third-order valence-corrected chi connectivity index (χ3v) is 6.01. The highest BCUT2D eigenvalue weighted by Crippen LogP contribution is 2.43. The molecule has 8 heteroatoms. The Kier molecular flexibility index (Phi) is 6.20. The van der Waals surface area contributed by atoms with Gasteiger partial charge in [-0.05, 0) is 65.8 Å². The van der Waals surface area contributed by atoms with Crippen molar-refractivity contribution in [1.29, 1.82) is 5.41 Å². The second-order valence-corrected chi connectivity index (χ2v) is 8.24. The number of carbonyl (C=O) groups excluding carboxylic acids is 2. The van der Waals surface area contributed by atoms with Crippen LogP contribution in [0.15, 0.2) is 23.4 Å². The number of halogens is 3. The summed E-state index contributed by atoms with van der Waals surface area (Å²) in [5, 5.41) is 10.6. The average Bonchev–Trinajstić information content (AvgIpc) is 3.47. The Bertz CT molecular complexity index is 852. The highest BCUT2D eigenvalue weighted by Gasteiger charge is 2.33. The van der Waals surface area contributed by atoms with E-state index in [2.05, 4.69) is 5.32 Å². The first-order valence-electron chi connectivity index (χ1n) is 8.67. The quantitative estimate of drug-likeness (QED) is 0.346. The van der Waals surface area contributed by atoms with Crippen molar-refractivity contribution in [3.63, 3.8) is 0 Å². The van der Waals surface area contributed by atoms with E-state index in [0.29, 0.717) is 27.8 Å². The van der Waals surface area contributed by atoms with E-state index in [9.17, 15) is 14.0 Å². The molecule has 0 bridgehead atoms. The van der Waals surface area contributed by atoms with Crippen LogP contribution in [-0.2, 0) is 9.53 Å². The minimum atomic E-state index is -0.641. The van der Waals surface area contributed by atoms with E-state index in [4.69, 9.17) is 21.7 Å². The van der Waals surface area contributed by atoms with Gasteiger partial charge in [-0.15, -0.1) is 0 Å². The molecule has 1 atom stereocenters. The van der Waals surface area contributed by atoms with Crippen molar-refractivity contribution in [3.8, 4) is 0 Å². The summed E-state index contributed by atoms with van der Waals surface area (Å²) >= 11 is 8.00. The van der Waals surface area contributed by atoms with Gasteiger partial charge in [0, 0.05) is 17.7 Å². The number of nitrogens with one attached hydrogen (secondary N) is 2.